The molecule has 0 bridgehead atoms. The van der Waals surface area contributed by atoms with Crippen LogP contribution in [0.15, 0.2) is 46.3 Å². The van der Waals surface area contributed by atoms with Gasteiger partial charge in [0.15, 0.2) is 14.6 Å². The fourth-order valence-corrected chi connectivity index (χ4v) is 5.12. The Labute approximate surface area is 184 Å². The van der Waals surface area contributed by atoms with Crippen LogP contribution in [-0.2, 0) is 27.6 Å². The van der Waals surface area contributed by atoms with Gasteiger partial charge in [0.1, 0.15) is 21.7 Å². The maximum atomic E-state index is 12.7. The predicted molar refractivity (Wildman–Crippen MR) is 120 cm³/mol. The number of ether oxygens (including phenoxy) is 2. The number of carbonyl (C=O) groups excluding carboxylic acids is 1. The fourth-order valence-electron chi connectivity index (χ4n) is 3.08. The van der Waals surface area contributed by atoms with Gasteiger partial charge in [0.05, 0.1) is 37.8 Å². The van der Waals surface area contributed by atoms with Crippen molar-refractivity contribution in [2.45, 2.75) is 24.8 Å². The van der Waals surface area contributed by atoms with Crippen molar-refractivity contribution in [1.29, 1.82) is 0 Å². The van der Waals surface area contributed by atoms with Crippen LogP contribution in [0.3, 0.4) is 0 Å². The van der Waals surface area contributed by atoms with Gasteiger partial charge in [-0.25, -0.2) is 8.42 Å². The number of methoxy groups -OCH3 is 2. The minimum atomic E-state index is -3.28. The third-order valence-corrected chi connectivity index (χ3v) is 7.52. The van der Waals surface area contributed by atoms with Crippen molar-refractivity contribution < 1.29 is 22.7 Å². The van der Waals surface area contributed by atoms with Crippen molar-refractivity contribution in [3.63, 3.8) is 0 Å². The molecule has 0 saturated carbocycles. The van der Waals surface area contributed by atoms with Crippen LogP contribution in [0.5, 0.6) is 11.5 Å². The number of nitrogens with zero attached hydrogens (tertiary/aromatic N) is 2. The van der Waals surface area contributed by atoms with Crippen molar-refractivity contribution in [2.75, 3.05) is 20.0 Å². The minimum Gasteiger partial charge on any atom is -0.495 e. The first-order valence-electron chi connectivity index (χ1n) is 9.41. The summed E-state index contributed by atoms with van der Waals surface area (Å²) in [6, 6.07) is 9.84. The van der Waals surface area contributed by atoms with Gasteiger partial charge in [0.25, 0.3) is 5.91 Å². The lowest BCUT2D eigenvalue weighted by Gasteiger charge is -2.08. The van der Waals surface area contributed by atoms with E-state index in [0.29, 0.717) is 27.4 Å². The number of hydrogen-bond acceptors (Lipinski definition) is 6. The second-order valence-corrected chi connectivity index (χ2v) is 9.81. The summed E-state index contributed by atoms with van der Waals surface area (Å²) < 4.78 is 37.3. The van der Waals surface area contributed by atoms with E-state index in [4.69, 9.17) is 15.9 Å². The summed E-state index contributed by atoms with van der Waals surface area (Å²) in [5, 5.41) is 0. The molecule has 1 aromatic heterocycles. The molecule has 9 heteroatoms. The molecule has 0 fully saturated rings. The Morgan fingerprint density at radius 2 is 1.77 bits per heavy atom. The number of thiazole rings is 1. The summed E-state index contributed by atoms with van der Waals surface area (Å²) in [6.07, 6.45) is 5.58. The number of benzene rings is 2. The van der Waals surface area contributed by atoms with E-state index < -0.39 is 9.84 Å². The van der Waals surface area contributed by atoms with Crippen LogP contribution in [0.25, 0.3) is 10.2 Å². The topological polar surface area (TPSA) is 87.0 Å². The molecule has 0 unspecified atom stereocenters. The molecule has 0 N–H and O–H groups in total. The standard InChI is InChI=1S/C22H22N2O5S2/c1-5-13-24-20-17(28-3)11-12-18(29-4)21(20)30-22(24)23-19(25)14-15-7-9-16(10-8-15)31(26,27)6-2/h1,7-12H,6,13-14H2,2-4H3. The first-order chi connectivity index (χ1) is 14.8. The normalized spacial score (nSPS) is 12.0. The number of rotatable bonds is 7. The minimum absolute atomic E-state index is 0.0225. The van der Waals surface area contributed by atoms with E-state index in [1.807, 2.05) is 0 Å². The lowest BCUT2D eigenvalue weighted by atomic mass is 10.1. The van der Waals surface area contributed by atoms with Crippen molar-refractivity contribution in [3.05, 3.63) is 46.8 Å². The van der Waals surface area contributed by atoms with Crippen molar-refractivity contribution in [3.8, 4) is 23.8 Å². The van der Waals surface area contributed by atoms with Gasteiger partial charge >= 0.3 is 0 Å². The molecular weight excluding hydrogens is 436 g/mol. The highest BCUT2D eigenvalue weighted by atomic mass is 32.2. The Bertz CT molecular complexity index is 1330. The Balaban J connectivity index is 2.01. The highest BCUT2D eigenvalue weighted by molar-refractivity contribution is 7.91. The second-order valence-electron chi connectivity index (χ2n) is 6.55. The maximum Gasteiger partial charge on any atom is 0.252 e. The van der Waals surface area contributed by atoms with Crippen molar-refractivity contribution in [2.24, 2.45) is 4.99 Å². The molecule has 31 heavy (non-hydrogen) atoms. The summed E-state index contributed by atoms with van der Waals surface area (Å²) in [5.41, 5.74) is 1.38. The van der Waals surface area contributed by atoms with Gasteiger partial charge in [-0.15, -0.1) is 6.42 Å². The van der Waals surface area contributed by atoms with Crippen molar-refractivity contribution >= 4 is 37.3 Å². The molecule has 7 nitrogen and oxygen atoms in total. The summed E-state index contributed by atoms with van der Waals surface area (Å²) in [6.45, 7) is 1.80. The largest absolute Gasteiger partial charge is 0.495 e. The van der Waals surface area contributed by atoms with E-state index in [9.17, 15) is 13.2 Å². The molecule has 0 atom stereocenters. The Morgan fingerprint density at radius 3 is 2.35 bits per heavy atom. The summed E-state index contributed by atoms with van der Waals surface area (Å²) >= 11 is 1.29. The van der Waals surface area contributed by atoms with E-state index in [1.54, 1.807) is 50.0 Å². The fraction of sp³-hybridized carbons (Fsp3) is 0.273. The average Bonchev–Trinajstić information content (AvgIpc) is 3.11. The molecule has 3 rings (SSSR count). The number of aromatic nitrogens is 1. The van der Waals surface area contributed by atoms with Crippen molar-refractivity contribution in [1.82, 2.24) is 4.57 Å². The lowest BCUT2D eigenvalue weighted by molar-refractivity contribution is -0.117. The van der Waals surface area contributed by atoms with Gasteiger partial charge < -0.3 is 14.0 Å². The maximum absolute atomic E-state index is 12.7. The number of amides is 1. The Morgan fingerprint density at radius 1 is 1.13 bits per heavy atom. The molecule has 1 heterocycles. The molecule has 2 aromatic carbocycles. The molecule has 0 aliphatic carbocycles. The van der Waals surface area contributed by atoms with Gasteiger partial charge in [-0.1, -0.05) is 36.3 Å². The molecule has 3 aromatic rings. The zero-order valence-electron chi connectivity index (χ0n) is 17.4. The molecule has 162 valence electrons. The molecule has 0 saturated heterocycles. The summed E-state index contributed by atoms with van der Waals surface area (Å²) in [5.74, 6) is 3.47. The average molecular weight is 459 g/mol. The van der Waals surface area contributed by atoms with E-state index in [2.05, 4.69) is 10.9 Å². The molecule has 0 spiro atoms. The first-order valence-corrected chi connectivity index (χ1v) is 11.9. The third-order valence-electron chi connectivity index (χ3n) is 4.68. The van der Waals surface area contributed by atoms with Gasteiger partial charge in [-0.2, -0.15) is 4.99 Å². The molecular formula is C22H22N2O5S2. The predicted octanol–water partition coefficient (Wildman–Crippen LogP) is 2.82. The highest BCUT2D eigenvalue weighted by Crippen LogP contribution is 2.35. The molecule has 0 radical (unpaired) electrons. The van der Waals surface area contributed by atoms with Gasteiger partial charge in [0.2, 0.25) is 0 Å². The number of sulfone groups is 1. The molecule has 0 aliphatic rings. The summed E-state index contributed by atoms with van der Waals surface area (Å²) in [7, 11) is -0.159. The molecule has 0 aliphatic heterocycles. The van der Waals surface area contributed by atoms with E-state index in [-0.39, 0.29) is 29.5 Å². The van der Waals surface area contributed by atoms with Crippen LogP contribution < -0.4 is 14.3 Å². The Hall–Kier alpha value is -3.09. The zero-order chi connectivity index (χ0) is 22.6. The number of carbonyl (C=O) groups is 1. The first kappa shape index (κ1) is 22.6. The second kappa shape index (κ2) is 9.37. The van der Waals surface area contributed by atoms with E-state index in [1.165, 1.54) is 23.5 Å². The van der Waals surface area contributed by atoms with E-state index in [0.717, 1.165) is 4.70 Å². The van der Waals surface area contributed by atoms with Gasteiger partial charge in [-0.3, -0.25) is 4.79 Å². The third kappa shape index (κ3) is 4.65. The van der Waals surface area contributed by atoms with E-state index >= 15 is 0 Å². The number of hydrogen-bond donors (Lipinski definition) is 0. The number of fused-ring (bicyclic) bond motifs is 1. The number of terminal acetylenes is 1. The Kier molecular flexibility index (Phi) is 6.83. The van der Waals surface area contributed by atoms with Gasteiger partial charge in [-0.05, 0) is 29.8 Å². The summed E-state index contributed by atoms with van der Waals surface area (Å²) in [4.78, 5) is 17.6. The van der Waals surface area contributed by atoms with Gasteiger partial charge in [0, 0.05) is 0 Å². The van der Waals surface area contributed by atoms with Crippen LogP contribution in [0.4, 0.5) is 0 Å². The van der Waals surface area contributed by atoms with Crippen LogP contribution in [0.2, 0.25) is 0 Å². The SMILES string of the molecule is C#CCn1c(=NC(=O)Cc2ccc(S(=O)(=O)CC)cc2)sc2c(OC)ccc(OC)c21. The van der Waals surface area contributed by atoms with Crippen LogP contribution >= 0.6 is 11.3 Å². The van der Waals surface area contributed by atoms with Crippen LogP contribution in [-0.4, -0.2) is 38.9 Å². The quantitative estimate of drug-likeness (QED) is 0.508. The van der Waals surface area contributed by atoms with Crippen LogP contribution in [0, 0.1) is 12.3 Å². The smallest absolute Gasteiger partial charge is 0.252 e. The molecule has 1 amide bonds. The lowest BCUT2D eigenvalue weighted by Crippen LogP contribution is -2.17. The zero-order valence-corrected chi connectivity index (χ0v) is 19.0. The highest BCUT2D eigenvalue weighted by Gasteiger charge is 2.16. The monoisotopic (exact) mass is 458 g/mol. The van der Waals surface area contributed by atoms with Crippen LogP contribution in [0.1, 0.15) is 12.5 Å².